The van der Waals surface area contributed by atoms with E-state index in [0.717, 1.165) is 6.42 Å². The highest BCUT2D eigenvalue weighted by molar-refractivity contribution is 8.15. The Morgan fingerprint density at radius 1 is 1.11 bits per heavy atom. The van der Waals surface area contributed by atoms with Gasteiger partial charge in [0.1, 0.15) is 5.25 Å². The summed E-state index contributed by atoms with van der Waals surface area (Å²) >= 11 is 19.1. The zero-order valence-electron chi connectivity index (χ0n) is 14.5. The predicted molar refractivity (Wildman–Crippen MR) is 117 cm³/mol. The van der Waals surface area contributed by atoms with Gasteiger partial charge in [0, 0.05) is 13.0 Å². The number of rotatable bonds is 6. The molecule has 0 saturated carbocycles. The minimum atomic E-state index is -0.544. The fraction of sp³-hybridized carbons (Fsp3) is 0.211. The summed E-state index contributed by atoms with van der Waals surface area (Å²) in [6.45, 7) is 0.560. The minimum absolute atomic E-state index is 0.00915. The van der Waals surface area contributed by atoms with E-state index in [1.54, 1.807) is 0 Å². The molecule has 0 spiro atoms. The van der Waals surface area contributed by atoms with Crippen LogP contribution in [-0.2, 0) is 16.0 Å². The van der Waals surface area contributed by atoms with Gasteiger partial charge in [-0.3, -0.25) is 14.6 Å². The van der Waals surface area contributed by atoms with Crippen molar-refractivity contribution in [3.05, 3.63) is 63.1 Å². The maximum atomic E-state index is 12.3. The summed E-state index contributed by atoms with van der Waals surface area (Å²) in [7, 11) is 0. The number of nitrogens with one attached hydrogen (secondary N) is 2. The van der Waals surface area contributed by atoms with Crippen LogP contribution in [0.3, 0.4) is 0 Å². The molecule has 1 fully saturated rings. The van der Waals surface area contributed by atoms with Crippen molar-refractivity contribution in [3.8, 4) is 0 Å². The standard InChI is InChI=1S/C19H16Cl3N3O2S/c20-12-8-14(22)15(9-13(12)21)24-17(26)10-16-18(27)25-19(28-16)23-7-6-11-4-2-1-3-5-11/h1-5,8-9,16H,6-7,10H2,(H,24,26)(H,23,25,27). The molecule has 0 aromatic heterocycles. The first-order valence-electron chi connectivity index (χ1n) is 8.42. The molecule has 2 aromatic rings. The van der Waals surface area contributed by atoms with Crippen LogP contribution < -0.4 is 10.6 Å². The first kappa shape index (κ1) is 21.0. The van der Waals surface area contributed by atoms with Crippen molar-refractivity contribution in [3.63, 3.8) is 0 Å². The molecule has 1 atom stereocenters. The highest BCUT2D eigenvalue weighted by Gasteiger charge is 2.32. The summed E-state index contributed by atoms with van der Waals surface area (Å²) in [5, 5.41) is 6.21. The van der Waals surface area contributed by atoms with Gasteiger partial charge in [-0.25, -0.2) is 0 Å². The fourth-order valence-corrected chi connectivity index (χ4v) is 4.12. The smallest absolute Gasteiger partial charge is 0.240 e. The highest BCUT2D eigenvalue weighted by Crippen LogP contribution is 2.32. The molecule has 2 N–H and O–H groups in total. The van der Waals surface area contributed by atoms with Gasteiger partial charge in [0.2, 0.25) is 11.8 Å². The van der Waals surface area contributed by atoms with E-state index in [4.69, 9.17) is 34.8 Å². The number of thioether (sulfide) groups is 1. The Morgan fingerprint density at radius 2 is 1.82 bits per heavy atom. The van der Waals surface area contributed by atoms with Crippen LogP contribution in [-0.4, -0.2) is 28.8 Å². The van der Waals surface area contributed by atoms with Gasteiger partial charge < -0.3 is 10.6 Å². The average molecular weight is 457 g/mol. The van der Waals surface area contributed by atoms with Crippen LogP contribution in [0.4, 0.5) is 5.69 Å². The van der Waals surface area contributed by atoms with Crippen molar-refractivity contribution in [1.29, 1.82) is 0 Å². The minimum Gasteiger partial charge on any atom is -0.325 e. The molecule has 1 aliphatic rings. The molecule has 5 nitrogen and oxygen atoms in total. The van der Waals surface area contributed by atoms with Crippen LogP contribution >= 0.6 is 46.6 Å². The molecule has 1 heterocycles. The van der Waals surface area contributed by atoms with Crippen molar-refractivity contribution in [1.82, 2.24) is 5.32 Å². The number of carbonyl (C=O) groups is 2. The van der Waals surface area contributed by atoms with Gasteiger partial charge in [-0.2, -0.15) is 0 Å². The molecule has 0 bridgehead atoms. The molecule has 146 valence electrons. The number of hydrogen-bond acceptors (Lipinski definition) is 4. The highest BCUT2D eigenvalue weighted by atomic mass is 35.5. The molecule has 1 saturated heterocycles. The molecule has 0 aliphatic carbocycles. The first-order chi connectivity index (χ1) is 13.4. The lowest BCUT2D eigenvalue weighted by Crippen LogP contribution is -2.28. The lowest BCUT2D eigenvalue weighted by atomic mass is 10.2. The third-order valence-electron chi connectivity index (χ3n) is 3.93. The molecule has 2 amide bonds. The summed E-state index contributed by atoms with van der Waals surface area (Å²) in [4.78, 5) is 28.8. The number of amides is 2. The van der Waals surface area contributed by atoms with E-state index in [-0.39, 0.29) is 28.3 Å². The lowest BCUT2D eigenvalue weighted by Gasteiger charge is -2.10. The molecule has 1 unspecified atom stereocenters. The van der Waals surface area contributed by atoms with E-state index >= 15 is 0 Å². The fourth-order valence-electron chi connectivity index (χ4n) is 2.53. The van der Waals surface area contributed by atoms with Crippen LogP contribution in [0.15, 0.2) is 47.5 Å². The zero-order chi connectivity index (χ0) is 20.1. The number of halogens is 3. The monoisotopic (exact) mass is 455 g/mol. The second kappa shape index (κ2) is 9.65. The Morgan fingerprint density at radius 3 is 2.57 bits per heavy atom. The van der Waals surface area contributed by atoms with Gasteiger partial charge in [0.05, 0.1) is 20.8 Å². The van der Waals surface area contributed by atoms with Crippen LogP contribution in [0.25, 0.3) is 0 Å². The van der Waals surface area contributed by atoms with E-state index in [1.807, 2.05) is 30.3 Å². The Labute approximate surface area is 181 Å². The van der Waals surface area contributed by atoms with Gasteiger partial charge in [-0.1, -0.05) is 76.9 Å². The number of benzene rings is 2. The Hall–Kier alpha value is -1.73. The summed E-state index contributed by atoms with van der Waals surface area (Å²) in [6.07, 6.45) is 0.770. The summed E-state index contributed by atoms with van der Waals surface area (Å²) in [5.74, 6) is -0.586. The number of amidine groups is 1. The van der Waals surface area contributed by atoms with Crippen LogP contribution in [0.1, 0.15) is 12.0 Å². The number of nitrogens with zero attached hydrogens (tertiary/aromatic N) is 1. The number of carbonyl (C=O) groups excluding carboxylic acids is 2. The third kappa shape index (κ3) is 5.64. The average Bonchev–Trinajstić information content (AvgIpc) is 3.00. The van der Waals surface area contributed by atoms with E-state index in [2.05, 4.69) is 15.6 Å². The topological polar surface area (TPSA) is 70.6 Å². The van der Waals surface area contributed by atoms with Crippen LogP contribution in [0, 0.1) is 0 Å². The number of anilines is 1. The van der Waals surface area contributed by atoms with Crippen LogP contribution in [0.2, 0.25) is 15.1 Å². The number of aliphatic imine (C=N–C) groups is 1. The van der Waals surface area contributed by atoms with Gasteiger partial charge in [-0.05, 0) is 24.1 Å². The number of hydrogen-bond donors (Lipinski definition) is 2. The zero-order valence-corrected chi connectivity index (χ0v) is 17.6. The molecule has 3 rings (SSSR count). The second-order valence-electron chi connectivity index (χ2n) is 6.02. The summed E-state index contributed by atoms with van der Waals surface area (Å²) in [5.41, 5.74) is 1.52. The van der Waals surface area contributed by atoms with Gasteiger partial charge in [0.25, 0.3) is 0 Å². The van der Waals surface area contributed by atoms with Gasteiger partial charge >= 0.3 is 0 Å². The third-order valence-corrected chi connectivity index (χ3v) is 6.08. The molecule has 1 aliphatic heterocycles. The Balaban J connectivity index is 1.53. The predicted octanol–water partition coefficient (Wildman–Crippen LogP) is 4.81. The van der Waals surface area contributed by atoms with Gasteiger partial charge in [0.15, 0.2) is 5.17 Å². The molecule has 0 radical (unpaired) electrons. The summed E-state index contributed by atoms with van der Waals surface area (Å²) < 4.78 is 0. The maximum Gasteiger partial charge on any atom is 0.240 e. The molecule has 9 heteroatoms. The van der Waals surface area contributed by atoms with Crippen molar-refractivity contribution in [2.24, 2.45) is 4.99 Å². The second-order valence-corrected chi connectivity index (χ2v) is 8.43. The van der Waals surface area contributed by atoms with Crippen molar-refractivity contribution in [2.45, 2.75) is 18.1 Å². The molecule has 2 aromatic carbocycles. The van der Waals surface area contributed by atoms with Crippen molar-refractivity contribution in [2.75, 3.05) is 11.9 Å². The van der Waals surface area contributed by atoms with Crippen molar-refractivity contribution < 1.29 is 9.59 Å². The molecule has 28 heavy (non-hydrogen) atoms. The quantitative estimate of drug-likeness (QED) is 0.613. The van der Waals surface area contributed by atoms with Crippen molar-refractivity contribution >= 4 is 69.2 Å². The molecular formula is C19H16Cl3N3O2S. The van der Waals surface area contributed by atoms with Crippen LogP contribution in [0.5, 0.6) is 0 Å². The summed E-state index contributed by atoms with van der Waals surface area (Å²) in [6, 6.07) is 12.9. The lowest BCUT2D eigenvalue weighted by molar-refractivity contribution is -0.122. The SMILES string of the molecule is O=C(CC1SC(=NCCc2ccccc2)NC1=O)Nc1cc(Cl)c(Cl)cc1Cl. The maximum absolute atomic E-state index is 12.3. The van der Waals surface area contributed by atoms with Gasteiger partial charge in [-0.15, -0.1) is 0 Å². The first-order valence-corrected chi connectivity index (χ1v) is 10.4. The largest absolute Gasteiger partial charge is 0.325 e. The van der Waals surface area contributed by atoms with E-state index in [9.17, 15) is 9.59 Å². The normalized spacial score (nSPS) is 17.6. The Kier molecular flexibility index (Phi) is 7.24. The molecular weight excluding hydrogens is 441 g/mol. The van der Waals surface area contributed by atoms with E-state index in [0.29, 0.717) is 22.4 Å². The van der Waals surface area contributed by atoms with E-state index in [1.165, 1.54) is 29.5 Å². The Bertz CT molecular complexity index is 922. The van der Waals surface area contributed by atoms with E-state index < -0.39 is 5.25 Å².